The van der Waals surface area contributed by atoms with E-state index in [0.29, 0.717) is 0 Å². The van der Waals surface area contributed by atoms with E-state index in [0.717, 1.165) is 5.69 Å². The summed E-state index contributed by atoms with van der Waals surface area (Å²) >= 11 is 0. The lowest BCUT2D eigenvalue weighted by Crippen LogP contribution is -2.48. The summed E-state index contributed by atoms with van der Waals surface area (Å²) < 4.78 is 5.05. The highest BCUT2D eigenvalue weighted by molar-refractivity contribution is 6.69. The lowest BCUT2D eigenvalue weighted by atomic mass is 9.64. The maximum absolute atomic E-state index is 2.57. The summed E-state index contributed by atoms with van der Waals surface area (Å²) in [5.74, 6) is 0. The van der Waals surface area contributed by atoms with Gasteiger partial charge in [-0.3, -0.25) is 0 Å². The number of nitrogens with zero attached hydrogens (tertiary/aromatic N) is 2. The largest absolute Gasteiger partial charge is 0.310 e. The van der Waals surface area contributed by atoms with E-state index >= 15 is 0 Å². The summed E-state index contributed by atoms with van der Waals surface area (Å²) in [4.78, 5) is 0. The second-order valence-electron chi connectivity index (χ2n) is 19.0. The molecule has 0 aliphatic heterocycles. The first-order valence-electron chi connectivity index (χ1n) is 24.3. The molecule has 0 unspecified atom stereocenters. The highest BCUT2D eigenvalue weighted by Gasteiger charge is 2.26. The van der Waals surface area contributed by atoms with Gasteiger partial charge in [0, 0.05) is 38.6 Å². The Morgan fingerprint density at radius 3 is 1.30 bits per heavy atom. The SMILES string of the molecule is Bc1c(B)c(B)c2c(c1B)c1c(B)c(-c3ccc4c(c3)c3c(-c5ccccc5-c5ccccc5)cccc3n4-c3ccc(-c4ccccc4)cc3)c(B)c(B)c1n2-c1ccc(-c2ccccc2)cc1. The molecule has 2 nitrogen and oxygen atoms in total. The molecule has 0 saturated heterocycles. The molecule has 0 aliphatic carbocycles. The van der Waals surface area contributed by atoms with Crippen LogP contribution in [0.15, 0.2) is 200 Å². The summed E-state index contributed by atoms with van der Waals surface area (Å²) in [7, 11) is 16.3. The van der Waals surface area contributed by atoms with Gasteiger partial charge in [-0.05, 0) is 103 Å². The van der Waals surface area contributed by atoms with E-state index < -0.39 is 0 Å². The summed E-state index contributed by atoms with van der Waals surface area (Å²) in [5, 5.41) is 5.20. The van der Waals surface area contributed by atoms with Gasteiger partial charge in [0.15, 0.2) is 0 Å². The molecule has 0 N–H and O–H groups in total. The van der Waals surface area contributed by atoms with Crippen LogP contribution in [0.2, 0.25) is 0 Å². The van der Waals surface area contributed by atoms with Crippen molar-refractivity contribution in [2.45, 2.75) is 0 Å². The lowest BCUT2D eigenvalue weighted by molar-refractivity contribution is 1.18. The van der Waals surface area contributed by atoms with Crippen LogP contribution in [0.3, 0.4) is 0 Å². The van der Waals surface area contributed by atoms with E-state index in [1.807, 2.05) is 0 Å². The van der Waals surface area contributed by atoms with Crippen molar-refractivity contribution >= 4 is 137 Å². The highest BCUT2D eigenvalue weighted by Crippen LogP contribution is 2.43. The van der Waals surface area contributed by atoms with E-state index in [4.69, 9.17) is 0 Å². The van der Waals surface area contributed by atoms with E-state index in [1.165, 1.54) is 143 Å². The zero-order valence-corrected chi connectivity index (χ0v) is 40.4. The number of fused-ring (bicyclic) bond motifs is 6. The average Bonchev–Trinajstić information content (AvgIpc) is 3.94. The van der Waals surface area contributed by atoms with E-state index in [1.54, 1.807) is 0 Å². The first kappa shape index (κ1) is 42.6. The molecule has 10 aromatic carbocycles. The molecule has 12 rings (SSSR count). The van der Waals surface area contributed by atoms with Crippen LogP contribution in [0.4, 0.5) is 0 Å². The third kappa shape index (κ3) is 6.73. The minimum atomic E-state index is 1.14. The van der Waals surface area contributed by atoms with Gasteiger partial charge < -0.3 is 9.13 Å². The van der Waals surface area contributed by atoms with Crippen LogP contribution in [0.25, 0.3) is 111 Å². The van der Waals surface area contributed by atoms with Crippen molar-refractivity contribution in [3.63, 3.8) is 0 Å². The molecule has 0 atom stereocenters. The quantitative estimate of drug-likeness (QED) is 0.215. The van der Waals surface area contributed by atoms with Gasteiger partial charge in [0.2, 0.25) is 0 Å². The van der Waals surface area contributed by atoms with E-state index in [9.17, 15) is 0 Å². The van der Waals surface area contributed by atoms with Gasteiger partial charge in [-0.15, -0.1) is 5.46 Å². The molecule has 0 saturated carbocycles. The second kappa shape index (κ2) is 16.8. The molecule has 2 heterocycles. The van der Waals surface area contributed by atoms with Crippen LogP contribution < -0.4 is 38.2 Å². The monoisotopic (exact) mass is 872 g/mol. The molecular formula is C60H47B7N2. The predicted octanol–water partition coefficient (Wildman–Crippen LogP) is 4.02. The van der Waals surface area contributed by atoms with Crippen LogP contribution in [-0.4, -0.2) is 64.1 Å². The topological polar surface area (TPSA) is 9.86 Å². The Labute approximate surface area is 410 Å². The molecule has 69 heavy (non-hydrogen) atoms. The summed E-state index contributed by atoms with van der Waals surface area (Å²) in [5.41, 5.74) is 29.0. The van der Waals surface area contributed by atoms with Crippen LogP contribution in [0, 0.1) is 0 Å². The van der Waals surface area contributed by atoms with Gasteiger partial charge in [-0.1, -0.05) is 191 Å². The van der Waals surface area contributed by atoms with E-state index in [2.05, 4.69) is 264 Å². The predicted molar refractivity (Wildman–Crippen MR) is 320 cm³/mol. The van der Waals surface area contributed by atoms with Crippen molar-refractivity contribution in [1.29, 1.82) is 0 Å². The molecule has 0 fully saturated rings. The molecular weight excluding hydrogens is 824 g/mol. The zero-order chi connectivity index (χ0) is 47.1. The van der Waals surface area contributed by atoms with Crippen LogP contribution >= 0.6 is 0 Å². The van der Waals surface area contributed by atoms with Gasteiger partial charge >= 0.3 is 0 Å². The Balaban J connectivity index is 1.13. The maximum atomic E-state index is 2.57. The van der Waals surface area contributed by atoms with Gasteiger partial charge in [-0.25, -0.2) is 0 Å². The Hall–Kier alpha value is -7.75. The minimum absolute atomic E-state index is 1.14. The number of rotatable bonds is 7. The van der Waals surface area contributed by atoms with Crippen molar-refractivity contribution in [1.82, 2.24) is 9.13 Å². The lowest BCUT2D eigenvalue weighted by Gasteiger charge is -2.19. The van der Waals surface area contributed by atoms with Crippen molar-refractivity contribution in [3.05, 3.63) is 200 Å². The Morgan fingerprint density at radius 2 is 0.710 bits per heavy atom. The van der Waals surface area contributed by atoms with Crippen molar-refractivity contribution < 1.29 is 0 Å². The molecule has 0 aliphatic rings. The van der Waals surface area contributed by atoms with Gasteiger partial charge in [-0.2, -0.15) is 0 Å². The van der Waals surface area contributed by atoms with Crippen LogP contribution in [-0.2, 0) is 0 Å². The first-order valence-corrected chi connectivity index (χ1v) is 24.3. The maximum Gasteiger partial charge on any atom is 0.141 e. The van der Waals surface area contributed by atoms with Crippen LogP contribution in [0.5, 0.6) is 0 Å². The fourth-order valence-corrected chi connectivity index (χ4v) is 11.6. The molecule has 2 aromatic heterocycles. The first-order chi connectivity index (χ1) is 33.7. The van der Waals surface area contributed by atoms with Gasteiger partial charge in [0.1, 0.15) is 54.9 Å². The third-order valence-electron chi connectivity index (χ3n) is 15.5. The molecule has 0 bridgehead atoms. The number of hydrogen-bond acceptors (Lipinski definition) is 0. The summed E-state index contributed by atoms with van der Waals surface area (Å²) in [6, 6.07) is 73.5. The van der Waals surface area contributed by atoms with Crippen LogP contribution in [0.1, 0.15) is 0 Å². The average molecular weight is 872 g/mol. The molecule has 12 aromatic rings. The highest BCUT2D eigenvalue weighted by atomic mass is 15.0. The normalized spacial score (nSPS) is 11.6. The standard InChI is InChI=1S/C60H47B7N2/c61-52-48(53(62)57(66)59-50(52)51-54(63)55(64)56(65)58(67)60(51)69(59)41-30-25-37(26-31-41)35-15-6-2-7-16-35)39-27-32-46-45(33-39)49-44(43-20-11-10-19-42(43)38-17-8-3-9-18-38)21-12-22-47(49)68(46)40-28-23-36(24-29-40)34-13-4-1-5-14-34/h1-33H,61-67H2. The van der Waals surface area contributed by atoms with Crippen molar-refractivity contribution in [2.24, 2.45) is 0 Å². The molecule has 0 spiro atoms. The number of aromatic nitrogens is 2. The fourth-order valence-electron chi connectivity index (χ4n) is 11.6. The molecule has 9 heteroatoms. The molecule has 318 valence electrons. The van der Waals surface area contributed by atoms with Gasteiger partial charge in [0.25, 0.3) is 0 Å². The molecule has 0 radical (unpaired) electrons. The Kier molecular flexibility index (Phi) is 10.4. The summed E-state index contributed by atoms with van der Waals surface area (Å²) in [6.07, 6.45) is 0. The number of benzene rings is 10. The number of hydrogen-bond donors (Lipinski definition) is 0. The summed E-state index contributed by atoms with van der Waals surface area (Å²) in [6.45, 7) is 0. The third-order valence-corrected chi connectivity index (χ3v) is 15.5. The zero-order valence-electron chi connectivity index (χ0n) is 40.4. The second-order valence-corrected chi connectivity index (χ2v) is 19.0. The molecule has 0 amide bonds. The smallest absolute Gasteiger partial charge is 0.141 e. The Bertz CT molecular complexity index is 3990. The fraction of sp³-hybridized carbons (Fsp3) is 0. The Morgan fingerprint density at radius 1 is 0.261 bits per heavy atom. The van der Waals surface area contributed by atoms with Crippen molar-refractivity contribution in [2.75, 3.05) is 0 Å². The minimum Gasteiger partial charge on any atom is -0.310 e. The van der Waals surface area contributed by atoms with Crippen molar-refractivity contribution in [3.8, 4) is 67.0 Å². The van der Waals surface area contributed by atoms with Gasteiger partial charge in [0.05, 0.1) is 11.0 Å². The van der Waals surface area contributed by atoms with E-state index in [-0.39, 0.29) is 0 Å².